The van der Waals surface area contributed by atoms with Gasteiger partial charge in [-0.2, -0.15) is 0 Å². The molecule has 92 valence electrons. The fourth-order valence-electron chi connectivity index (χ4n) is 1.44. The monoisotopic (exact) mass is 248 g/mol. The summed E-state index contributed by atoms with van der Waals surface area (Å²) in [5.74, 6) is -1.29. The van der Waals surface area contributed by atoms with Crippen LogP contribution in [0.2, 0.25) is 0 Å². The normalized spacial score (nSPS) is 10.1. The van der Waals surface area contributed by atoms with E-state index in [1.165, 1.54) is 0 Å². The topological polar surface area (TPSA) is 26.3 Å². The second-order valence-corrected chi connectivity index (χ2v) is 3.72. The van der Waals surface area contributed by atoms with Crippen LogP contribution in [0.25, 0.3) is 0 Å². The molecule has 0 aliphatic carbocycles. The summed E-state index contributed by atoms with van der Waals surface area (Å²) in [4.78, 5) is 10.5. The number of halogens is 2. The Morgan fingerprint density at radius 3 is 2.44 bits per heavy atom. The summed E-state index contributed by atoms with van der Waals surface area (Å²) in [6, 6.07) is 9.69. The van der Waals surface area contributed by atoms with Crippen molar-refractivity contribution in [1.29, 1.82) is 0 Å². The maximum atomic E-state index is 13.3. The van der Waals surface area contributed by atoms with E-state index in [4.69, 9.17) is 4.74 Å². The van der Waals surface area contributed by atoms with Crippen LogP contribution >= 0.6 is 0 Å². The minimum Gasteiger partial charge on any atom is -0.486 e. The molecule has 2 rings (SSSR count). The molecule has 0 bridgehead atoms. The van der Waals surface area contributed by atoms with Gasteiger partial charge in [-0.15, -0.1) is 0 Å². The van der Waals surface area contributed by atoms with E-state index in [1.54, 1.807) is 24.3 Å². The van der Waals surface area contributed by atoms with Gasteiger partial charge in [-0.3, -0.25) is 4.79 Å². The number of hydrogen-bond acceptors (Lipinski definition) is 2. The van der Waals surface area contributed by atoms with Crippen molar-refractivity contribution in [2.24, 2.45) is 0 Å². The predicted octanol–water partition coefficient (Wildman–Crippen LogP) is 3.36. The van der Waals surface area contributed by atoms with Gasteiger partial charge in [0, 0.05) is 11.6 Å². The summed E-state index contributed by atoms with van der Waals surface area (Å²) in [6.07, 6.45) is 0.733. The van der Waals surface area contributed by atoms with Crippen LogP contribution in [-0.2, 0) is 6.61 Å². The molecule has 0 N–H and O–H groups in total. The number of ether oxygens (including phenoxy) is 1. The van der Waals surface area contributed by atoms with E-state index >= 15 is 0 Å². The molecule has 18 heavy (non-hydrogen) atoms. The average Bonchev–Trinajstić information content (AvgIpc) is 2.40. The van der Waals surface area contributed by atoms with Gasteiger partial charge in [-0.25, -0.2) is 8.78 Å². The van der Waals surface area contributed by atoms with Gasteiger partial charge in [0.2, 0.25) is 0 Å². The van der Waals surface area contributed by atoms with Crippen LogP contribution in [0.1, 0.15) is 15.9 Å². The lowest BCUT2D eigenvalue weighted by atomic mass is 10.2. The van der Waals surface area contributed by atoms with Crippen molar-refractivity contribution in [2.45, 2.75) is 6.61 Å². The fraction of sp³-hybridized carbons (Fsp3) is 0.0714. The highest BCUT2D eigenvalue weighted by Gasteiger charge is 2.05. The van der Waals surface area contributed by atoms with Gasteiger partial charge in [0.1, 0.15) is 18.7 Å². The Kier molecular flexibility index (Phi) is 3.67. The molecule has 0 amide bonds. The first-order chi connectivity index (χ1) is 8.69. The third-order valence-corrected chi connectivity index (χ3v) is 2.40. The number of hydrogen-bond donors (Lipinski definition) is 0. The van der Waals surface area contributed by atoms with Gasteiger partial charge in [0.05, 0.1) is 0 Å². The summed E-state index contributed by atoms with van der Waals surface area (Å²) in [6.45, 7) is 0.111. The van der Waals surface area contributed by atoms with Crippen LogP contribution < -0.4 is 4.74 Å². The first-order valence-corrected chi connectivity index (χ1v) is 5.31. The fourth-order valence-corrected chi connectivity index (χ4v) is 1.44. The zero-order valence-electron chi connectivity index (χ0n) is 9.40. The summed E-state index contributed by atoms with van der Waals surface area (Å²) in [7, 11) is 0. The molecule has 2 aromatic rings. The Morgan fingerprint density at radius 2 is 1.78 bits per heavy atom. The standard InChI is InChI=1S/C14H10F2O2/c15-12-5-6-13(16)14(7-12)18-9-11-3-1-10(8-17)2-4-11/h1-8H,9H2. The SMILES string of the molecule is O=Cc1ccc(COc2cc(F)ccc2F)cc1. The number of rotatable bonds is 4. The van der Waals surface area contributed by atoms with Crippen molar-refractivity contribution in [2.75, 3.05) is 0 Å². The lowest BCUT2D eigenvalue weighted by Crippen LogP contribution is -1.98. The third-order valence-electron chi connectivity index (χ3n) is 2.40. The van der Waals surface area contributed by atoms with E-state index in [9.17, 15) is 13.6 Å². The van der Waals surface area contributed by atoms with Crippen LogP contribution in [0, 0.1) is 11.6 Å². The van der Waals surface area contributed by atoms with Crippen LogP contribution in [0.5, 0.6) is 5.75 Å². The Balaban J connectivity index is 2.06. The van der Waals surface area contributed by atoms with Crippen molar-refractivity contribution in [3.05, 3.63) is 65.2 Å². The summed E-state index contributed by atoms with van der Waals surface area (Å²) in [5.41, 5.74) is 1.32. The highest BCUT2D eigenvalue weighted by Crippen LogP contribution is 2.19. The maximum absolute atomic E-state index is 13.3. The van der Waals surface area contributed by atoms with E-state index < -0.39 is 11.6 Å². The molecule has 0 fully saturated rings. The van der Waals surface area contributed by atoms with E-state index in [0.29, 0.717) is 5.56 Å². The Labute approximate surface area is 103 Å². The molecular weight excluding hydrogens is 238 g/mol. The molecule has 2 aromatic carbocycles. The van der Waals surface area contributed by atoms with Crippen LogP contribution in [0.4, 0.5) is 8.78 Å². The predicted molar refractivity (Wildman–Crippen MR) is 62.5 cm³/mol. The molecule has 0 aromatic heterocycles. The summed E-state index contributed by atoms with van der Waals surface area (Å²) < 4.78 is 31.3. The highest BCUT2D eigenvalue weighted by atomic mass is 19.1. The highest BCUT2D eigenvalue weighted by molar-refractivity contribution is 5.74. The van der Waals surface area contributed by atoms with Crippen molar-refractivity contribution < 1.29 is 18.3 Å². The molecule has 4 heteroatoms. The average molecular weight is 248 g/mol. The van der Waals surface area contributed by atoms with Crippen molar-refractivity contribution in [1.82, 2.24) is 0 Å². The smallest absolute Gasteiger partial charge is 0.165 e. The molecule has 0 aliphatic heterocycles. The van der Waals surface area contributed by atoms with Crippen LogP contribution in [0.3, 0.4) is 0 Å². The molecule has 0 unspecified atom stereocenters. The van der Waals surface area contributed by atoms with Crippen molar-refractivity contribution >= 4 is 6.29 Å². The minimum absolute atomic E-state index is 0.111. The van der Waals surface area contributed by atoms with Gasteiger partial charge < -0.3 is 4.74 Å². The quantitative estimate of drug-likeness (QED) is 0.775. The molecule has 2 nitrogen and oxygen atoms in total. The van der Waals surface area contributed by atoms with Gasteiger partial charge in [-0.05, 0) is 17.7 Å². The first-order valence-electron chi connectivity index (χ1n) is 5.31. The van der Waals surface area contributed by atoms with E-state index in [2.05, 4.69) is 0 Å². The largest absolute Gasteiger partial charge is 0.486 e. The third kappa shape index (κ3) is 2.91. The molecule has 0 heterocycles. The van der Waals surface area contributed by atoms with Crippen LogP contribution in [0.15, 0.2) is 42.5 Å². The number of aldehydes is 1. The summed E-state index contributed by atoms with van der Waals surface area (Å²) in [5, 5.41) is 0. The lowest BCUT2D eigenvalue weighted by molar-refractivity contribution is 0.112. The minimum atomic E-state index is -0.610. The second-order valence-electron chi connectivity index (χ2n) is 3.72. The van der Waals surface area contributed by atoms with Gasteiger partial charge in [0.15, 0.2) is 11.6 Å². The van der Waals surface area contributed by atoms with E-state index in [-0.39, 0.29) is 12.4 Å². The Bertz CT molecular complexity index is 550. The summed E-state index contributed by atoms with van der Waals surface area (Å²) >= 11 is 0. The van der Waals surface area contributed by atoms with E-state index in [0.717, 1.165) is 30.0 Å². The number of benzene rings is 2. The number of carbonyl (C=O) groups excluding carboxylic acids is 1. The van der Waals surface area contributed by atoms with Crippen LogP contribution in [-0.4, -0.2) is 6.29 Å². The maximum Gasteiger partial charge on any atom is 0.165 e. The number of carbonyl (C=O) groups is 1. The van der Waals surface area contributed by atoms with Gasteiger partial charge in [0.25, 0.3) is 0 Å². The van der Waals surface area contributed by atoms with Crippen molar-refractivity contribution in [3.63, 3.8) is 0 Å². The molecule has 0 saturated carbocycles. The van der Waals surface area contributed by atoms with Crippen molar-refractivity contribution in [3.8, 4) is 5.75 Å². The molecule has 0 atom stereocenters. The molecule has 0 saturated heterocycles. The Morgan fingerprint density at radius 1 is 1.06 bits per heavy atom. The molecule has 0 spiro atoms. The first kappa shape index (κ1) is 12.2. The zero-order chi connectivity index (χ0) is 13.0. The zero-order valence-corrected chi connectivity index (χ0v) is 9.40. The molecule has 0 aliphatic rings. The van der Waals surface area contributed by atoms with Gasteiger partial charge >= 0.3 is 0 Å². The molecule has 0 radical (unpaired) electrons. The molecular formula is C14H10F2O2. The Hall–Kier alpha value is -2.23. The van der Waals surface area contributed by atoms with Gasteiger partial charge in [-0.1, -0.05) is 24.3 Å². The lowest BCUT2D eigenvalue weighted by Gasteiger charge is -2.07. The second kappa shape index (κ2) is 5.40. The van der Waals surface area contributed by atoms with E-state index in [1.807, 2.05) is 0 Å².